The van der Waals surface area contributed by atoms with Crippen molar-refractivity contribution in [2.75, 3.05) is 13.1 Å². The summed E-state index contributed by atoms with van der Waals surface area (Å²) in [6.45, 7) is 9.11. The first-order valence-corrected chi connectivity index (χ1v) is 7.99. The van der Waals surface area contributed by atoms with Gasteiger partial charge in [0, 0.05) is 6.54 Å². The zero-order chi connectivity index (χ0) is 15.5. The Morgan fingerprint density at radius 1 is 1.29 bits per heavy atom. The summed E-state index contributed by atoms with van der Waals surface area (Å²) in [7, 11) is 0. The number of carboxylic acid groups (broad SMARTS) is 1. The molecule has 0 amide bonds. The van der Waals surface area contributed by atoms with E-state index in [2.05, 4.69) is 43.9 Å². The normalized spacial score (nSPS) is 18.6. The van der Waals surface area contributed by atoms with Crippen LogP contribution in [0.25, 0.3) is 0 Å². The molecule has 2 rings (SSSR count). The lowest BCUT2D eigenvalue weighted by atomic mass is 9.75. The van der Waals surface area contributed by atoms with Gasteiger partial charge in [0.25, 0.3) is 0 Å². The molecule has 21 heavy (non-hydrogen) atoms. The van der Waals surface area contributed by atoms with E-state index in [4.69, 9.17) is 0 Å². The van der Waals surface area contributed by atoms with Crippen LogP contribution in [0, 0.1) is 19.3 Å². The number of hydrogen-bond acceptors (Lipinski definition) is 2. The van der Waals surface area contributed by atoms with Gasteiger partial charge in [-0.25, -0.2) is 0 Å². The predicted molar refractivity (Wildman–Crippen MR) is 85.4 cm³/mol. The number of rotatable bonds is 5. The van der Waals surface area contributed by atoms with E-state index >= 15 is 0 Å². The molecular weight excluding hydrogens is 262 g/mol. The average molecular weight is 289 g/mol. The van der Waals surface area contributed by atoms with E-state index in [1.807, 2.05) is 0 Å². The molecule has 3 heteroatoms. The Kier molecular flexibility index (Phi) is 5.04. The first kappa shape index (κ1) is 16.0. The first-order chi connectivity index (χ1) is 9.98. The number of benzene rings is 1. The molecule has 116 valence electrons. The second-order valence-corrected chi connectivity index (χ2v) is 6.47. The minimum Gasteiger partial charge on any atom is -0.481 e. The Morgan fingerprint density at radius 2 is 1.95 bits per heavy atom. The molecular formula is C18H27NO2. The molecule has 1 fully saturated rings. The average Bonchev–Trinajstić information content (AvgIpc) is 2.46. The van der Waals surface area contributed by atoms with Crippen LogP contribution in [0.3, 0.4) is 0 Å². The fourth-order valence-electron chi connectivity index (χ4n) is 3.41. The van der Waals surface area contributed by atoms with Crippen molar-refractivity contribution in [2.24, 2.45) is 5.41 Å². The standard InChI is InChI=1S/C18H27NO2/c1-4-8-18(17(20)21)9-11-19(12-10-18)13-16-7-5-6-14(2)15(16)3/h5-7H,4,8-13H2,1-3H3,(H,20,21). The number of carboxylic acids is 1. The van der Waals surface area contributed by atoms with Gasteiger partial charge < -0.3 is 5.11 Å². The number of aliphatic carboxylic acids is 1. The number of aryl methyl sites for hydroxylation is 1. The molecule has 0 saturated carbocycles. The Balaban J connectivity index is 2.01. The predicted octanol–water partition coefficient (Wildman–Crippen LogP) is 3.77. The lowest BCUT2D eigenvalue weighted by molar-refractivity contribution is -0.152. The third kappa shape index (κ3) is 3.46. The minimum absolute atomic E-state index is 0.479. The highest BCUT2D eigenvalue weighted by Crippen LogP contribution is 2.37. The smallest absolute Gasteiger partial charge is 0.309 e. The third-order valence-electron chi connectivity index (χ3n) is 5.11. The minimum atomic E-state index is -0.601. The van der Waals surface area contributed by atoms with Crippen molar-refractivity contribution in [2.45, 2.75) is 53.0 Å². The third-order valence-corrected chi connectivity index (χ3v) is 5.11. The van der Waals surface area contributed by atoms with E-state index in [9.17, 15) is 9.90 Å². The highest BCUT2D eigenvalue weighted by Gasteiger charge is 2.40. The second kappa shape index (κ2) is 6.61. The van der Waals surface area contributed by atoms with Crippen molar-refractivity contribution in [3.63, 3.8) is 0 Å². The maximum Gasteiger partial charge on any atom is 0.309 e. The number of nitrogens with zero attached hydrogens (tertiary/aromatic N) is 1. The Hall–Kier alpha value is -1.35. The highest BCUT2D eigenvalue weighted by atomic mass is 16.4. The van der Waals surface area contributed by atoms with Crippen molar-refractivity contribution in [3.8, 4) is 0 Å². The van der Waals surface area contributed by atoms with Gasteiger partial charge in [-0.2, -0.15) is 0 Å². The Morgan fingerprint density at radius 3 is 2.52 bits per heavy atom. The summed E-state index contributed by atoms with van der Waals surface area (Å²) >= 11 is 0. The maximum absolute atomic E-state index is 11.6. The second-order valence-electron chi connectivity index (χ2n) is 6.47. The van der Waals surface area contributed by atoms with Crippen LogP contribution in [0.2, 0.25) is 0 Å². The van der Waals surface area contributed by atoms with E-state index in [1.54, 1.807) is 0 Å². The summed E-state index contributed by atoms with van der Waals surface area (Å²) in [5.74, 6) is -0.601. The van der Waals surface area contributed by atoms with Crippen molar-refractivity contribution in [3.05, 3.63) is 34.9 Å². The molecule has 0 bridgehead atoms. The van der Waals surface area contributed by atoms with Gasteiger partial charge >= 0.3 is 5.97 Å². The van der Waals surface area contributed by atoms with E-state index in [0.29, 0.717) is 0 Å². The molecule has 0 aliphatic carbocycles. The summed E-state index contributed by atoms with van der Waals surface area (Å²) in [6.07, 6.45) is 3.31. The molecule has 1 aliphatic rings. The molecule has 1 aliphatic heterocycles. The highest BCUT2D eigenvalue weighted by molar-refractivity contribution is 5.74. The number of hydrogen-bond donors (Lipinski definition) is 1. The van der Waals surface area contributed by atoms with Crippen LogP contribution in [0.5, 0.6) is 0 Å². The molecule has 1 saturated heterocycles. The number of carbonyl (C=O) groups is 1. The van der Waals surface area contributed by atoms with E-state index in [0.717, 1.165) is 45.3 Å². The molecule has 0 unspecified atom stereocenters. The van der Waals surface area contributed by atoms with Crippen molar-refractivity contribution < 1.29 is 9.90 Å². The van der Waals surface area contributed by atoms with Crippen LogP contribution in [-0.4, -0.2) is 29.1 Å². The van der Waals surface area contributed by atoms with E-state index in [1.165, 1.54) is 16.7 Å². The fraction of sp³-hybridized carbons (Fsp3) is 0.611. The summed E-state index contributed by atoms with van der Waals surface area (Å²) in [4.78, 5) is 14.0. The largest absolute Gasteiger partial charge is 0.481 e. The summed E-state index contributed by atoms with van der Waals surface area (Å²) in [6, 6.07) is 6.44. The quantitative estimate of drug-likeness (QED) is 0.897. The SMILES string of the molecule is CCCC1(C(=O)O)CCN(Cc2cccc(C)c2C)CC1. The molecule has 3 nitrogen and oxygen atoms in total. The molecule has 1 heterocycles. The van der Waals surface area contributed by atoms with Crippen LogP contribution in [0.4, 0.5) is 0 Å². The van der Waals surface area contributed by atoms with Gasteiger partial charge in [0.05, 0.1) is 5.41 Å². The van der Waals surface area contributed by atoms with Crippen LogP contribution in [-0.2, 0) is 11.3 Å². The van der Waals surface area contributed by atoms with Crippen molar-refractivity contribution >= 4 is 5.97 Å². The Labute approximate surface area is 128 Å². The van der Waals surface area contributed by atoms with Gasteiger partial charge in [-0.05, 0) is 62.9 Å². The maximum atomic E-state index is 11.6. The lowest BCUT2D eigenvalue weighted by Crippen LogP contribution is -2.44. The van der Waals surface area contributed by atoms with Gasteiger partial charge in [-0.1, -0.05) is 31.5 Å². The Bertz CT molecular complexity index is 502. The molecule has 1 aromatic carbocycles. The molecule has 1 N–H and O–H groups in total. The monoisotopic (exact) mass is 289 g/mol. The summed E-state index contributed by atoms with van der Waals surface area (Å²) < 4.78 is 0. The molecule has 0 atom stereocenters. The summed E-state index contributed by atoms with van der Waals surface area (Å²) in [5, 5.41) is 9.56. The molecule has 0 spiro atoms. The van der Waals surface area contributed by atoms with Gasteiger partial charge in [0.2, 0.25) is 0 Å². The lowest BCUT2D eigenvalue weighted by Gasteiger charge is -2.39. The van der Waals surface area contributed by atoms with Crippen LogP contribution < -0.4 is 0 Å². The zero-order valence-corrected chi connectivity index (χ0v) is 13.5. The zero-order valence-electron chi connectivity index (χ0n) is 13.5. The number of piperidine rings is 1. The van der Waals surface area contributed by atoms with E-state index < -0.39 is 11.4 Å². The topological polar surface area (TPSA) is 40.5 Å². The molecule has 0 aromatic heterocycles. The first-order valence-electron chi connectivity index (χ1n) is 7.99. The summed E-state index contributed by atoms with van der Waals surface area (Å²) in [5.41, 5.74) is 3.58. The van der Waals surface area contributed by atoms with Crippen molar-refractivity contribution in [1.29, 1.82) is 0 Å². The molecule has 1 aromatic rings. The van der Waals surface area contributed by atoms with Crippen LogP contribution in [0.15, 0.2) is 18.2 Å². The molecule has 0 radical (unpaired) electrons. The van der Waals surface area contributed by atoms with E-state index in [-0.39, 0.29) is 0 Å². The van der Waals surface area contributed by atoms with Crippen LogP contribution >= 0.6 is 0 Å². The number of likely N-dealkylation sites (tertiary alicyclic amines) is 1. The fourth-order valence-corrected chi connectivity index (χ4v) is 3.41. The van der Waals surface area contributed by atoms with Gasteiger partial charge in [-0.3, -0.25) is 9.69 Å². The van der Waals surface area contributed by atoms with Gasteiger partial charge in [0.15, 0.2) is 0 Å². The van der Waals surface area contributed by atoms with Gasteiger partial charge in [0.1, 0.15) is 0 Å². The van der Waals surface area contributed by atoms with Gasteiger partial charge in [-0.15, -0.1) is 0 Å². The van der Waals surface area contributed by atoms with Crippen molar-refractivity contribution in [1.82, 2.24) is 4.90 Å². The van der Waals surface area contributed by atoms with Crippen LogP contribution in [0.1, 0.15) is 49.3 Å².